The van der Waals surface area contributed by atoms with Crippen LogP contribution in [0.3, 0.4) is 0 Å². The summed E-state index contributed by atoms with van der Waals surface area (Å²) >= 11 is 0. The Kier molecular flexibility index (Phi) is 6.06. The lowest BCUT2D eigenvalue weighted by Gasteiger charge is -2.30. The molecule has 0 aliphatic carbocycles. The summed E-state index contributed by atoms with van der Waals surface area (Å²) in [6, 6.07) is 1.52. The van der Waals surface area contributed by atoms with Crippen molar-refractivity contribution < 1.29 is 13.2 Å². The van der Waals surface area contributed by atoms with E-state index >= 15 is 0 Å². The molecule has 1 aromatic rings. The Bertz CT molecular complexity index is 457. The van der Waals surface area contributed by atoms with Gasteiger partial charge in [0.2, 0.25) is 0 Å². The lowest BCUT2D eigenvalue weighted by Crippen LogP contribution is -2.34. The zero-order valence-corrected chi connectivity index (χ0v) is 12.5. The molecule has 1 fully saturated rings. The second-order valence-electron chi connectivity index (χ2n) is 5.91. The SMILES string of the molecule is CC1CCN(CCCNCc2cc(F)c(F)cc2F)CC1. The molecule has 0 radical (unpaired) electrons. The second kappa shape index (κ2) is 7.80. The fourth-order valence-corrected chi connectivity index (χ4v) is 2.64. The van der Waals surface area contributed by atoms with Gasteiger partial charge < -0.3 is 10.2 Å². The van der Waals surface area contributed by atoms with Gasteiger partial charge in [-0.1, -0.05) is 6.92 Å². The molecule has 2 rings (SSSR count). The number of hydrogen-bond acceptors (Lipinski definition) is 2. The Morgan fingerprint density at radius 2 is 1.76 bits per heavy atom. The largest absolute Gasteiger partial charge is 0.313 e. The molecule has 1 aromatic carbocycles. The number of halogens is 3. The molecule has 0 amide bonds. The van der Waals surface area contributed by atoms with Gasteiger partial charge in [-0.3, -0.25) is 0 Å². The van der Waals surface area contributed by atoms with Crippen molar-refractivity contribution in [3.63, 3.8) is 0 Å². The third-order valence-electron chi connectivity index (χ3n) is 4.11. The van der Waals surface area contributed by atoms with E-state index < -0.39 is 17.5 Å². The maximum absolute atomic E-state index is 13.4. The van der Waals surface area contributed by atoms with Gasteiger partial charge >= 0.3 is 0 Å². The van der Waals surface area contributed by atoms with Gasteiger partial charge in [-0.15, -0.1) is 0 Å². The molecule has 1 saturated heterocycles. The van der Waals surface area contributed by atoms with Crippen molar-refractivity contribution in [1.82, 2.24) is 10.2 Å². The Morgan fingerprint density at radius 3 is 2.48 bits per heavy atom. The highest BCUT2D eigenvalue weighted by Gasteiger charge is 2.14. The molecule has 0 bridgehead atoms. The Labute approximate surface area is 124 Å². The molecule has 1 N–H and O–H groups in total. The molecule has 0 unspecified atom stereocenters. The number of benzene rings is 1. The second-order valence-corrected chi connectivity index (χ2v) is 5.91. The third kappa shape index (κ3) is 5.00. The quantitative estimate of drug-likeness (QED) is 0.640. The van der Waals surface area contributed by atoms with Crippen LogP contribution in [-0.2, 0) is 6.54 Å². The van der Waals surface area contributed by atoms with Crippen LogP contribution in [0, 0.1) is 23.4 Å². The minimum atomic E-state index is -1.14. The number of likely N-dealkylation sites (tertiary alicyclic amines) is 1. The predicted molar refractivity (Wildman–Crippen MR) is 77.5 cm³/mol. The first-order chi connectivity index (χ1) is 10.1. The molecule has 1 heterocycles. The number of hydrogen-bond donors (Lipinski definition) is 1. The molecule has 0 spiro atoms. The molecular formula is C16H23F3N2. The molecule has 118 valence electrons. The smallest absolute Gasteiger partial charge is 0.161 e. The summed E-state index contributed by atoms with van der Waals surface area (Å²) in [4.78, 5) is 2.44. The van der Waals surface area contributed by atoms with Crippen LogP contribution in [-0.4, -0.2) is 31.1 Å². The van der Waals surface area contributed by atoms with E-state index in [1.54, 1.807) is 0 Å². The van der Waals surface area contributed by atoms with E-state index in [2.05, 4.69) is 17.1 Å². The van der Waals surface area contributed by atoms with Crippen LogP contribution in [0.25, 0.3) is 0 Å². The molecule has 5 heteroatoms. The van der Waals surface area contributed by atoms with Crippen LogP contribution in [0.2, 0.25) is 0 Å². The van der Waals surface area contributed by atoms with Gasteiger partial charge in [0.15, 0.2) is 11.6 Å². The van der Waals surface area contributed by atoms with E-state index in [1.807, 2.05) is 0 Å². The summed E-state index contributed by atoms with van der Waals surface area (Å²) in [5.74, 6) is -2.02. The lowest BCUT2D eigenvalue weighted by molar-refractivity contribution is 0.190. The summed E-state index contributed by atoms with van der Waals surface area (Å²) in [7, 11) is 0. The summed E-state index contributed by atoms with van der Waals surface area (Å²) in [5.41, 5.74) is 0.167. The first-order valence-electron chi connectivity index (χ1n) is 7.62. The van der Waals surface area contributed by atoms with Crippen molar-refractivity contribution in [2.75, 3.05) is 26.2 Å². The van der Waals surface area contributed by atoms with E-state index in [1.165, 1.54) is 12.8 Å². The van der Waals surface area contributed by atoms with Crippen molar-refractivity contribution in [3.05, 3.63) is 35.1 Å². The minimum absolute atomic E-state index is 0.167. The number of piperidine rings is 1. The molecule has 0 aromatic heterocycles. The van der Waals surface area contributed by atoms with Gasteiger partial charge in [-0.05, 0) is 57.4 Å². The van der Waals surface area contributed by atoms with Crippen molar-refractivity contribution in [2.24, 2.45) is 5.92 Å². The summed E-state index contributed by atoms with van der Waals surface area (Å²) in [5, 5.41) is 3.08. The monoisotopic (exact) mass is 300 g/mol. The number of nitrogens with zero attached hydrogens (tertiary/aromatic N) is 1. The van der Waals surface area contributed by atoms with Crippen LogP contribution in [0.4, 0.5) is 13.2 Å². The first kappa shape index (κ1) is 16.3. The Morgan fingerprint density at radius 1 is 1.10 bits per heavy atom. The Hall–Kier alpha value is -1.07. The molecule has 1 aliphatic heterocycles. The summed E-state index contributed by atoms with van der Waals surface area (Å²) < 4.78 is 39.2. The van der Waals surface area contributed by atoms with Gasteiger partial charge in [0.1, 0.15) is 5.82 Å². The standard InChI is InChI=1S/C16H23F3N2/c1-12-3-7-21(8-4-12)6-2-5-20-11-13-9-15(18)16(19)10-14(13)17/h9-10,12,20H,2-8,11H2,1H3. The first-order valence-corrected chi connectivity index (χ1v) is 7.62. The van der Waals surface area contributed by atoms with Crippen molar-refractivity contribution in [2.45, 2.75) is 32.7 Å². The normalized spacial score (nSPS) is 17.3. The van der Waals surface area contributed by atoms with Crippen molar-refractivity contribution >= 4 is 0 Å². The van der Waals surface area contributed by atoms with Crippen LogP contribution < -0.4 is 5.32 Å². The summed E-state index contributed by atoms with van der Waals surface area (Å²) in [6.07, 6.45) is 3.49. The van der Waals surface area contributed by atoms with Gasteiger partial charge in [-0.25, -0.2) is 13.2 Å². The fraction of sp³-hybridized carbons (Fsp3) is 0.625. The molecule has 1 aliphatic rings. The molecule has 2 nitrogen and oxygen atoms in total. The average molecular weight is 300 g/mol. The van der Waals surface area contributed by atoms with Crippen molar-refractivity contribution in [3.8, 4) is 0 Å². The highest BCUT2D eigenvalue weighted by Crippen LogP contribution is 2.16. The Balaban J connectivity index is 1.65. The van der Waals surface area contributed by atoms with E-state index in [9.17, 15) is 13.2 Å². The predicted octanol–water partition coefficient (Wildman–Crippen LogP) is 3.32. The van der Waals surface area contributed by atoms with E-state index in [0.29, 0.717) is 6.07 Å². The zero-order valence-electron chi connectivity index (χ0n) is 12.5. The maximum atomic E-state index is 13.4. The number of rotatable bonds is 6. The topological polar surface area (TPSA) is 15.3 Å². The zero-order chi connectivity index (χ0) is 15.2. The minimum Gasteiger partial charge on any atom is -0.313 e. The van der Waals surface area contributed by atoms with Gasteiger partial charge in [0.25, 0.3) is 0 Å². The van der Waals surface area contributed by atoms with E-state index in [-0.39, 0.29) is 12.1 Å². The summed E-state index contributed by atoms with van der Waals surface area (Å²) in [6.45, 7) is 6.58. The molecule has 0 atom stereocenters. The maximum Gasteiger partial charge on any atom is 0.161 e. The lowest BCUT2D eigenvalue weighted by atomic mass is 9.99. The highest BCUT2D eigenvalue weighted by atomic mass is 19.2. The average Bonchev–Trinajstić information content (AvgIpc) is 2.46. The third-order valence-corrected chi connectivity index (χ3v) is 4.11. The van der Waals surface area contributed by atoms with E-state index in [0.717, 1.165) is 44.6 Å². The highest BCUT2D eigenvalue weighted by molar-refractivity contribution is 5.19. The van der Waals surface area contributed by atoms with Gasteiger partial charge in [0.05, 0.1) is 0 Å². The van der Waals surface area contributed by atoms with Crippen LogP contribution >= 0.6 is 0 Å². The van der Waals surface area contributed by atoms with E-state index in [4.69, 9.17) is 0 Å². The van der Waals surface area contributed by atoms with Crippen molar-refractivity contribution in [1.29, 1.82) is 0 Å². The van der Waals surface area contributed by atoms with Crippen LogP contribution in [0.15, 0.2) is 12.1 Å². The molecule has 0 saturated carbocycles. The van der Waals surface area contributed by atoms with Crippen LogP contribution in [0.1, 0.15) is 31.7 Å². The number of nitrogens with one attached hydrogen (secondary N) is 1. The fourth-order valence-electron chi connectivity index (χ4n) is 2.64. The molecule has 21 heavy (non-hydrogen) atoms. The van der Waals surface area contributed by atoms with Gasteiger partial charge in [-0.2, -0.15) is 0 Å². The molecular weight excluding hydrogens is 277 g/mol. The van der Waals surface area contributed by atoms with Crippen LogP contribution in [0.5, 0.6) is 0 Å². The van der Waals surface area contributed by atoms with Gasteiger partial charge in [0, 0.05) is 18.2 Å².